The van der Waals surface area contributed by atoms with Gasteiger partial charge in [-0.05, 0) is 29.5 Å². The van der Waals surface area contributed by atoms with Crippen LogP contribution in [0.15, 0.2) is 24.3 Å². The summed E-state index contributed by atoms with van der Waals surface area (Å²) < 4.78 is 0. The van der Waals surface area contributed by atoms with Gasteiger partial charge in [0.1, 0.15) is 0 Å². The zero-order valence-corrected chi connectivity index (χ0v) is 11.2. The van der Waals surface area contributed by atoms with E-state index in [1.807, 2.05) is 0 Å². The highest BCUT2D eigenvalue weighted by Crippen LogP contribution is 2.26. The number of nitrogens with one attached hydrogen (secondary N) is 1. The number of nitrogens with two attached hydrogens (primary N) is 1. The Hall–Kier alpha value is -0.860. The summed E-state index contributed by atoms with van der Waals surface area (Å²) in [7, 11) is 0. The van der Waals surface area contributed by atoms with Gasteiger partial charge < -0.3 is 11.1 Å². The Bertz CT molecular complexity index is 362. The maximum Gasteiger partial charge on any atom is 0.0132 e. The van der Waals surface area contributed by atoms with E-state index < -0.39 is 0 Å². The fraction of sp³-hybridized carbons (Fsp3) is 0.600. The fourth-order valence-corrected chi connectivity index (χ4v) is 2.47. The van der Waals surface area contributed by atoms with Gasteiger partial charge in [-0.2, -0.15) is 0 Å². The zero-order chi connectivity index (χ0) is 12.5. The number of rotatable bonds is 1. The molecule has 0 amide bonds. The van der Waals surface area contributed by atoms with Crippen LogP contribution in [0.2, 0.25) is 0 Å². The zero-order valence-electron chi connectivity index (χ0n) is 11.2. The number of hydrogen-bond acceptors (Lipinski definition) is 2. The maximum absolute atomic E-state index is 6.19. The van der Waals surface area contributed by atoms with Crippen LogP contribution in [0.25, 0.3) is 0 Å². The van der Waals surface area contributed by atoms with E-state index in [2.05, 4.69) is 50.4 Å². The van der Waals surface area contributed by atoms with Crippen molar-refractivity contribution in [1.82, 2.24) is 5.32 Å². The molecule has 0 bridgehead atoms. The summed E-state index contributed by atoms with van der Waals surface area (Å²) in [6.45, 7) is 8.80. The lowest BCUT2D eigenvalue weighted by molar-refractivity contribution is 0.403. The van der Waals surface area contributed by atoms with E-state index in [-0.39, 0.29) is 5.41 Å². The Morgan fingerprint density at radius 2 is 1.82 bits per heavy atom. The van der Waals surface area contributed by atoms with Crippen LogP contribution in [0.5, 0.6) is 0 Å². The molecule has 1 saturated heterocycles. The molecule has 3 N–H and O–H groups in total. The van der Waals surface area contributed by atoms with Crippen molar-refractivity contribution in [2.75, 3.05) is 13.1 Å². The van der Waals surface area contributed by atoms with Gasteiger partial charge in [-0.3, -0.25) is 0 Å². The molecule has 1 aliphatic heterocycles. The Balaban J connectivity index is 2.17. The molecule has 0 saturated carbocycles. The molecule has 2 rings (SSSR count). The van der Waals surface area contributed by atoms with Crippen LogP contribution >= 0.6 is 0 Å². The van der Waals surface area contributed by atoms with Gasteiger partial charge in [0.2, 0.25) is 0 Å². The molecule has 1 aliphatic rings. The highest BCUT2D eigenvalue weighted by Gasteiger charge is 2.23. The van der Waals surface area contributed by atoms with Crippen LogP contribution < -0.4 is 11.1 Å². The number of piperidine rings is 1. The highest BCUT2D eigenvalue weighted by molar-refractivity contribution is 5.30. The summed E-state index contributed by atoms with van der Waals surface area (Å²) in [4.78, 5) is 0. The molecule has 0 aromatic heterocycles. The SMILES string of the molecule is CC(C)(C)c1ccc(C2CNCCC2N)cc1. The summed E-state index contributed by atoms with van der Waals surface area (Å²) in [5.74, 6) is 0.470. The molecule has 0 aliphatic carbocycles. The van der Waals surface area contributed by atoms with Gasteiger partial charge in [0, 0.05) is 18.5 Å². The summed E-state index contributed by atoms with van der Waals surface area (Å²) in [5, 5.41) is 3.43. The lowest BCUT2D eigenvalue weighted by Gasteiger charge is -2.30. The first-order valence-corrected chi connectivity index (χ1v) is 6.55. The molecule has 1 aromatic rings. The van der Waals surface area contributed by atoms with E-state index in [0.29, 0.717) is 12.0 Å². The molecule has 17 heavy (non-hydrogen) atoms. The van der Waals surface area contributed by atoms with Crippen LogP contribution in [-0.2, 0) is 5.41 Å². The van der Waals surface area contributed by atoms with Gasteiger partial charge in [0.25, 0.3) is 0 Å². The van der Waals surface area contributed by atoms with E-state index in [1.165, 1.54) is 11.1 Å². The summed E-state index contributed by atoms with van der Waals surface area (Å²) >= 11 is 0. The first kappa shape index (κ1) is 12.6. The predicted molar refractivity (Wildman–Crippen MR) is 73.3 cm³/mol. The van der Waals surface area contributed by atoms with E-state index in [9.17, 15) is 0 Å². The van der Waals surface area contributed by atoms with Gasteiger partial charge in [-0.1, -0.05) is 45.0 Å². The van der Waals surface area contributed by atoms with Crippen LogP contribution in [0.1, 0.15) is 44.2 Å². The summed E-state index contributed by atoms with van der Waals surface area (Å²) in [6.07, 6.45) is 1.08. The van der Waals surface area contributed by atoms with Crippen LogP contribution in [-0.4, -0.2) is 19.1 Å². The minimum absolute atomic E-state index is 0.228. The molecule has 94 valence electrons. The van der Waals surface area contributed by atoms with Gasteiger partial charge in [-0.15, -0.1) is 0 Å². The third kappa shape index (κ3) is 2.88. The average Bonchev–Trinajstić information content (AvgIpc) is 2.29. The lowest BCUT2D eigenvalue weighted by atomic mass is 9.83. The van der Waals surface area contributed by atoms with Gasteiger partial charge in [0.15, 0.2) is 0 Å². The third-order valence-electron chi connectivity index (χ3n) is 3.74. The maximum atomic E-state index is 6.19. The molecular weight excluding hydrogens is 208 g/mol. The fourth-order valence-electron chi connectivity index (χ4n) is 2.47. The highest BCUT2D eigenvalue weighted by atomic mass is 14.9. The van der Waals surface area contributed by atoms with Crippen molar-refractivity contribution < 1.29 is 0 Å². The van der Waals surface area contributed by atoms with Gasteiger partial charge in [-0.25, -0.2) is 0 Å². The van der Waals surface area contributed by atoms with Crippen LogP contribution in [0, 0.1) is 0 Å². The van der Waals surface area contributed by atoms with E-state index in [0.717, 1.165) is 19.5 Å². The molecule has 1 heterocycles. The van der Waals surface area contributed by atoms with Crippen LogP contribution in [0.4, 0.5) is 0 Å². The van der Waals surface area contributed by atoms with E-state index in [4.69, 9.17) is 5.73 Å². The van der Waals surface area contributed by atoms with Crippen LogP contribution in [0.3, 0.4) is 0 Å². The van der Waals surface area contributed by atoms with Gasteiger partial charge >= 0.3 is 0 Å². The van der Waals surface area contributed by atoms with Crippen molar-refractivity contribution in [1.29, 1.82) is 0 Å². The van der Waals surface area contributed by atoms with E-state index >= 15 is 0 Å². The molecule has 2 nitrogen and oxygen atoms in total. The largest absolute Gasteiger partial charge is 0.327 e. The second-order valence-electron chi connectivity index (χ2n) is 6.14. The normalized spacial score (nSPS) is 25.9. The number of benzene rings is 1. The van der Waals surface area contributed by atoms with Crippen molar-refractivity contribution in [3.05, 3.63) is 35.4 Å². The van der Waals surface area contributed by atoms with Crippen molar-refractivity contribution in [3.63, 3.8) is 0 Å². The second kappa shape index (κ2) is 4.79. The Morgan fingerprint density at radius 3 is 2.35 bits per heavy atom. The molecular formula is C15H24N2. The average molecular weight is 232 g/mol. The van der Waals surface area contributed by atoms with Crippen molar-refractivity contribution >= 4 is 0 Å². The smallest absolute Gasteiger partial charge is 0.0132 e. The predicted octanol–water partition coefficient (Wildman–Crippen LogP) is 2.39. The summed E-state index contributed by atoms with van der Waals surface area (Å²) in [5.41, 5.74) is 9.18. The monoisotopic (exact) mass is 232 g/mol. The minimum atomic E-state index is 0.228. The lowest BCUT2D eigenvalue weighted by Crippen LogP contribution is -2.43. The Labute approximate surface area is 105 Å². The standard InChI is InChI=1S/C15H24N2/c1-15(2,3)12-6-4-11(5-7-12)13-10-17-9-8-14(13)16/h4-7,13-14,17H,8-10,16H2,1-3H3. The van der Waals surface area contributed by atoms with Crippen molar-refractivity contribution in [2.24, 2.45) is 5.73 Å². The molecule has 0 radical (unpaired) electrons. The molecule has 2 unspecified atom stereocenters. The molecule has 2 heteroatoms. The minimum Gasteiger partial charge on any atom is -0.327 e. The first-order chi connectivity index (χ1) is 7.98. The van der Waals surface area contributed by atoms with Crippen molar-refractivity contribution in [3.8, 4) is 0 Å². The third-order valence-corrected chi connectivity index (χ3v) is 3.74. The molecule has 1 fully saturated rings. The number of hydrogen-bond donors (Lipinski definition) is 2. The van der Waals surface area contributed by atoms with Gasteiger partial charge in [0.05, 0.1) is 0 Å². The molecule has 1 aromatic carbocycles. The van der Waals surface area contributed by atoms with E-state index in [1.54, 1.807) is 0 Å². The Kier molecular flexibility index (Phi) is 3.55. The molecule has 2 atom stereocenters. The van der Waals surface area contributed by atoms with Crippen molar-refractivity contribution in [2.45, 2.75) is 44.6 Å². The second-order valence-corrected chi connectivity index (χ2v) is 6.14. The molecule has 0 spiro atoms. The Morgan fingerprint density at radius 1 is 1.18 bits per heavy atom. The quantitative estimate of drug-likeness (QED) is 0.780. The summed E-state index contributed by atoms with van der Waals surface area (Å²) in [6, 6.07) is 9.29. The topological polar surface area (TPSA) is 38.0 Å². The first-order valence-electron chi connectivity index (χ1n) is 6.55.